The number of aromatic amines is 1. The van der Waals surface area contributed by atoms with Crippen LogP contribution in [0.2, 0.25) is 0 Å². The van der Waals surface area contributed by atoms with E-state index in [0.29, 0.717) is 16.6 Å². The number of nitriles is 1. The van der Waals surface area contributed by atoms with Gasteiger partial charge < -0.3 is 4.98 Å². The minimum Gasteiger partial charge on any atom is -0.305 e. The van der Waals surface area contributed by atoms with Crippen molar-refractivity contribution in [3.63, 3.8) is 0 Å². The lowest BCUT2D eigenvalue weighted by atomic mass is 10.2. The third-order valence-electron chi connectivity index (χ3n) is 2.97. The normalized spacial score (nSPS) is 11.3. The molecule has 3 aromatic rings. The average Bonchev–Trinajstić information content (AvgIpc) is 2.53. The fraction of sp³-hybridized carbons (Fsp3) is 0. The van der Waals surface area contributed by atoms with E-state index in [1.807, 2.05) is 12.1 Å². The first-order valence-corrected chi connectivity index (χ1v) is 6.30. The number of H-pyrrole nitrogens is 1. The average molecular weight is 274 g/mol. The topological polar surface area (TPSA) is 82.4 Å². The van der Waals surface area contributed by atoms with E-state index in [1.165, 1.54) is 0 Å². The molecule has 0 saturated carbocycles. The molecule has 0 aliphatic carbocycles. The van der Waals surface area contributed by atoms with Gasteiger partial charge >= 0.3 is 0 Å². The zero-order chi connectivity index (χ0) is 14.7. The van der Waals surface area contributed by atoms with Gasteiger partial charge in [0.15, 0.2) is 5.82 Å². The molecule has 0 bridgehead atoms. The van der Waals surface area contributed by atoms with Gasteiger partial charge in [-0.25, -0.2) is 4.98 Å². The van der Waals surface area contributed by atoms with Crippen LogP contribution in [0.3, 0.4) is 0 Å². The SMILES string of the molecule is N#C/C(=C/c1ccccn1)c1nc2ccccc2c(=O)[nH]1. The van der Waals surface area contributed by atoms with Crippen LogP contribution in [0.4, 0.5) is 0 Å². The Bertz CT molecular complexity index is 920. The molecule has 0 saturated heterocycles. The van der Waals surface area contributed by atoms with Gasteiger partial charge in [0.1, 0.15) is 6.07 Å². The smallest absolute Gasteiger partial charge is 0.259 e. The van der Waals surface area contributed by atoms with E-state index in [9.17, 15) is 10.1 Å². The van der Waals surface area contributed by atoms with Crippen LogP contribution in [0, 0.1) is 11.3 Å². The van der Waals surface area contributed by atoms with Gasteiger partial charge in [-0.1, -0.05) is 18.2 Å². The van der Waals surface area contributed by atoms with Gasteiger partial charge in [0.2, 0.25) is 0 Å². The van der Waals surface area contributed by atoms with Gasteiger partial charge in [-0.3, -0.25) is 9.78 Å². The van der Waals surface area contributed by atoms with Gasteiger partial charge in [0.25, 0.3) is 5.56 Å². The number of allylic oxidation sites excluding steroid dienone is 1. The van der Waals surface area contributed by atoms with Gasteiger partial charge in [-0.05, 0) is 30.3 Å². The molecule has 5 heteroatoms. The van der Waals surface area contributed by atoms with Crippen LogP contribution in [-0.4, -0.2) is 15.0 Å². The van der Waals surface area contributed by atoms with Gasteiger partial charge in [-0.2, -0.15) is 5.26 Å². The third-order valence-corrected chi connectivity index (χ3v) is 2.97. The Balaban J connectivity index is 2.17. The van der Waals surface area contributed by atoms with Crippen LogP contribution in [-0.2, 0) is 0 Å². The molecule has 2 heterocycles. The molecule has 1 N–H and O–H groups in total. The van der Waals surface area contributed by atoms with Crippen molar-refractivity contribution in [2.75, 3.05) is 0 Å². The molecule has 5 nitrogen and oxygen atoms in total. The molecule has 0 aliphatic heterocycles. The van der Waals surface area contributed by atoms with E-state index in [1.54, 1.807) is 48.7 Å². The summed E-state index contributed by atoms with van der Waals surface area (Å²) in [5.41, 5.74) is 1.18. The van der Waals surface area contributed by atoms with E-state index in [2.05, 4.69) is 15.0 Å². The summed E-state index contributed by atoms with van der Waals surface area (Å²) in [5, 5.41) is 9.79. The fourth-order valence-corrected chi connectivity index (χ4v) is 1.98. The molecule has 0 unspecified atom stereocenters. The van der Waals surface area contributed by atoms with E-state index < -0.39 is 0 Å². The summed E-state index contributed by atoms with van der Waals surface area (Å²) < 4.78 is 0. The van der Waals surface area contributed by atoms with Crippen molar-refractivity contribution in [2.45, 2.75) is 0 Å². The van der Waals surface area contributed by atoms with Crippen LogP contribution in [0.1, 0.15) is 11.5 Å². The highest BCUT2D eigenvalue weighted by Gasteiger charge is 2.08. The quantitative estimate of drug-likeness (QED) is 0.727. The lowest BCUT2D eigenvalue weighted by molar-refractivity contribution is 1.13. The van der Waals surface area contributed by atoms with Crippen molar-refractivity contribution >= 4 is 22.6 Å². The highest BCUT2D eigenvalue weighted by atomic mass is 16.1. The molecule has 0 spiro atoms. The number of hydrogen-bond donors (Lipinski definition) is 1. The van der Waals surface area contributed by atoms with E-state index in [0.717, 1.165) is 0 Å². The first-order valence-electron chi connectivity index (χ1n) is 6.30. The predicted molar refractivity (Wildman–Crippen MR) is 80.1 cm³/mol. The van der Waals surface area contributed by atoms with Gasteiger partial charge in [0, 0.05) is 6.20 Å². The number of aromatic nitrogens is 3. The third kappa shape index (κ3) is 2.55. The molecule has 1 aromatic carbocycles. The molecule has 0 aliphatic rings. The number of pyridine rings is 1. The van der Waals surface area contributed by atoms with E-state index in [-0.39, 0.29) is 17.0 Å². The summed E-state index contributed by atoms with van der Waals surface area (Å²) >= 11 is 0. The number of para-hydroxylation sites is 1. The predicted octanol–water partition coefficient (Wildman–Crippen LogP) is 2.38. The molecule has 3 rings (SSSR count). The molecular formula is C16H10N4O. The highest BCUT2D eigenvalue weighted by molar-refractivity contribution is 5.88. The molecule has 0 amide bonds. The standard InChI is InChI=1S/C16H10N4O/c17-10-11(9-12-5-3-4-8-18-12)15-19-14-7-2-1-6-13(14)16(21)20-15/h1-9H,(H,19,20,21)/b11-9-. The zero-order valence-corrected chi connectivity index (χ0v) is 10.9. The first kappa shape index (κ1) is 12.8. The van der Waals surface area contributed by atoms with Gasteiger partial charge in [0.05, 0.1) is 22.2 Å². The Morgan fingerprint density at radius 3 is 2.76 bits per heavy atom. The first-order chi connectivity index (χ1) is 10.3. The lowest BCUT2D eigenvalue weighted by Crippen LogP contribution is -2.11. The largest absolute Gasteiger partial charge is 0.305 e. The number of nitrogens with one attached hydrogen (secondary N) is 1. The van der Waals surface area contributed by atoms with Crippen molar-refractivity contribution in [1.82, 2.24) is 15.0 Å². The van der Waals surface area contributed by atoms with E-state index in [4.69, 9.17) is 0 Å². The van der Waals surface area contributed by atoms with Crippen LogP contribution in [0.15, 0.2) is 53.5 Å². The second-order valence-corrected chi connectivity index (χ2v) is 4.36. The molecule has 0 atom stereocenters. The van der Waals surface area contributed by atoms with Crippen molar-refractivity contribution < 1.29 is 0 Å². The second-order valence-electron chi connectivity index (χ2n) is 4.36. The summed E-state index contributed by atoms with van der Waals surface area (Å²) in [6.45, 7) is 0. The Hall–Kier alpha value is -3.26. The minimum absolute atomic E-state index is 0.242. The summed E-state index contributed by atoms with van der Waals surface area (Å²) in [7, 11) is 0. The summed E-state index contributed by atoms with van der Waals surface area (Å²) in [5.74, 6) is 0.242. The molecule has 100 valence electrons. The lowest BCUT2D eigenvalue weighted by Gasteiger charge is -2.01. The Morgan fingerprint density at radius 2 is 2.00 bits per heavy atom. The Labute approximate surface area is 120 Å². The number of hydrogen-bond acceptors (Lipinski definition) is 4. The summed E-state index contributed by atoms with van der Waals surface area (Å²) in [6, 6.07) is 14.4. The Kier molecular flexibility index (Phi) is 3.27. The molecule has 21 heavy (non-hydrogen) atoms. The van der Waals surface area contributed by atoms with Crippen LogP contribution in [0.25, 0.3) is 22.6 Å². The minimum atomic E-state index is -0.266. The number of benzene rings is 1. The fourth-order valence-electron chi connectivity index (χ4n) is 1.98. The van der Waals surface area contributed by atoms with Gasteiger partial charge in [-0.15, -0.1) is 0 Å². The van der Waals surface area contributed by atoms with Crippen molar-refractivity contribution in [2.24, 2.45) is 0 Å². The van der Waals surface area contributed by atoms with Crippen molar-refractivity contribution in [1.29, 1.82) is 5.26 Å². The van der Waals surface area contributed by atoms with Crippen LogP contribution < -0.4 is 5.56 Å². The molecular weight excluding hydrogens is 264 g/mol. The van der Waals surface area contributed by atoms with E-state index >= 15 is 0 Å². The zero-order valence-electron chi connectivity index (χ0n) is 10.9. The maximum atomic E-state index is 12.0. The number of fused-ring (bicyclic) bond motifs is 1. The summed E-state index contributed by atoms with van der Waals surface area (Å²) in [6.07, 6.45) is 3.23. The maximum absolute atomic E-state index is 12.0. The number of nitrogens with zero attached hydrogens (tertiary/aromatic N) is 3. The molecule has 2 aromatic heterocycles. The summed E-state index contributed by atoms with van der Waals surface area (Å²) in [4.78, 5) is 23.1. The Morgan fingerprint density at radius 1 is 1.19 bits per heavy atom. The monoisotopic (exact) mass is 274 g/mol. The highest BCUT2D eigenvalue weighted by Crippen LogP contribution is 2.14. The van der Waals surface area contributed by atoms with Crippen LogP contribution >= 0.6 is 0 Å². The molecule has 0 radical (unpaired) electrons. The maximum Gasteiger partial charge on any atom is 0.259 e. The number of rotatable bonds is 2. The second kappa shape index (κ2) is 5.39. The van der Waals surface area contributed by atoms with Crippen molar-refractivity contribution in [3.05, 3.63) is 70.5 Å². The van der Waals surface area contributed by atoms with Crippen molar-refractivity contribution in [3.8, 4) is 6.07 Å². The molecule has 0 fully saturated rings. The van der Waals surface area contributed by atoms with Crippen LogP contribution in [0.5, 0.6) is 0 Å².